The van der Waals surface area contributed by atoms with Crippen molar-refractivity contribution in [3.8, 4) is 0 Å². The Labute approximate surface area is 67.6 Å². The fourth-order valence-electron chi connectivity index (χ4n) is 0.239. The van der Waals surface area contributed by atoms with Gasteiger partial charge in [0.05, 0.1) is 0 Å². The third-order valence-corrected chi connectivity index (χ3v) is 1.51. The molecule has 0 fully saturated rings. The van der Waals surface area contributed by atoms with Gasteiger partial charge >= 0.3 is 0 Å². The van der Waals surface area contributed by atoms with E-state index in [1.54, 1.807) is 6.92 Å². The van der Waals surface area contributed by atoms with Crippen molar-refractivity contribution < 1.29 is 9.53 Å². The summed E-state index contributed by atoms with van der Waals surface area (Å²) in [5.41, 5.74) is 4.80. The molecule has 0 spiro atoms. The van der Waals surface area contributed by atoms with Crippen molar-refractivity contribution in [1.29, 1.82) is 0 Å². The number of hydrogen-bond acceptors (Lipinski definition) is 3. The standard InChI is InChI=1S/C4H9IN2O2/c1-3(7-5)9-2-4(6)8/h3,7H,2H2,1H3,(H2,6,8). The number of ether oxygens (including phenoxy) is 1. The minimum atomic E-state index is -0.450. The monoisotopic (exact) mass is 244 g/mol. The lowest BCUT2D eigenvalue weighted by Crippen LogP contribution is -2.26. The number of nitrogens with two attached hydrogens (primary N) is 1. The van der Waals surface area contributed by atoms with Crippen molar-refractivity contribution in [2.24, 2.45) is 5.73 Å². The van der Waals surface area contributed by atoms with Gasteiger partial charge in [0.1, 0.15) is 12.8 Å². The van der Waals surface area contributed by atoms with Crippen molar-refractivity contribution in [1.82, 2.24) is 3.53 Å². The van der Waals surface area contributed by atoms with Crippen LogP contribution in [0.1, 0.15) is 6.92 Å². The molecule has 5 heteroatoms. The zero-order valence-corrected chi connectivity index (χ0v) is 7.21. The van der Waals surface area contributed by atoms with Crippen LogP contribution < -0.4 is 9.26 Å². The molecule has 0 aromatic rings. The molecule has 0 saturated heterocycles. The van der Waals surface area contributed by atoms with Crippen LogP contribution in [0.15, 0.2) is 0 Å². The third-order valence-electron chi connectivity index (χ3n) is 0.629. The van der Waals surface area contributed by atoms with E-state index in [2.05, 4.69) is 3.53 Å². The van der Waals surface area contributed by atoms with Gasteiger partial charge in [-0.05, 0) is 6.92 Å². The molecule has 0 aliphatic rings. The highest BCUT2D eigenvalue weighted by Gasteiger charge is 1.99. The molecule has 0 radical (unpaired) electrons. The summed E-state index contributed by atoms with van der Waals surface area (Å²) in [7, 11) is 0. The number of carbonyl (C=O) groups is 1. The van der Waals surface area contributed by atoms with Crippen molar-refractivity contribution in [2.45, 2.75) is 13.2 Å². The van der Waals surface area contributed by atoms with Crippen LogP contribution in [0.25, 0.3) is 0 Å². The lowest BCUT2D eigenvalue weighted by atomic mass is 10.6. The normalized spacial score (nSPS) is 13.1. The average Bonchev–Trinajstić information content (AvgIpc) is 1.83. The van der Waals surface area contributed by atoms with Crippen LogP contribution in [0.3, 0.4) is 0 Å². The van der Waals surface area contributed by atoms with Crippen LogP contribution in [0.5, 0.6) is 0 Å². The molecule has 1 amide bonds. The van der Waals surface area contributed by atoms with Crippen LogP contribution in [0.2, 0.25) is 0 Å². The quantitative estimate of drug-likeness (QED) is 0.408. The van der Waals surface area contributed by atoms with E-state index in [0.717, 1.165) is 0 Å². The van der Waals surface area contributed by atoms with Crippen LogP contribution in [-0.4, -0.2) is 18.7 Å². The molecule has 54 valence electrons. The lowest BCUT2D eigenvalue weighted by Gasteiger charge is -2.07. The molecule has 3 N–H and O–H groups in total. The van der Waals surface area contributed by atoms with Crippen LogP contribution in [0, 0.1) is 0 Å². The van der Waals surface area contributed by atoms with E-state index in [1.165, 1.54) is 0 Å². The van der Waals surface area contributed by atoms with Gasteiger partial charge in [0.15, 0.2) is 0 Å². The molecule has 0 rings (SSSR count). The minimum absolute atomic E-state index is 0.0306. The van der Waals surface area contributed by atoms with E-state index in [-0.39, 0.29) is 12.8 Å². The van der Waals surface area contributed by atoms with Gasteiger partial charge in [-0.25, -0.2) is 3.53 Å². The van der Waals surface area contributed by atoms with Crippen LogP contribution in [0.4, 0.5) is 0 Å². The highest BCUT2D eigenvalue weighted by Crippen LogP contribution is 1.86. The summed E-state index contributed by atoms with van der Waals surface area (Å²) in [6.07, 6.45) is -0.127. The van der Waals surface area contributed by atoms with Gasteiger partial charge in [-0.15, -0.1) is 0 Å². The fourth-order valence-corrected chi connectivity index (χ4v) is 0.418. The number of primary amides is 1. The lowest BCUT2D eigenvalue weighted by molar-refractivity contribution is -0.124. The molecular weight excluding hydrogens is 235 g/mol. The van der Waals surface area contributed by atoms with Gasteiger partial charge in [0, 0.05) is 22.9 Å². The van der Waals surface area contributed by atoms with Crippen LogP contribution in [-0.2, 0) is 9.53 Å². The molecule has 1 atom stereocenters. The SMILES string of the molecule is CC(NI)OCC(N)=O. The van der Waals surface area contributed by atoms with Gasteiger partial charge in [-0.2, -0.15) is 0 Å². The van der Waals surface area contributed by atoms with Crippen molar-refractivity contribution in [3.05, 3.63) is 0 Å². The molecule has 0 aromatic carbocycles. The van der Waals surface area contributed by atoms with Gasteiger partial charge < -0.3 is 10.5 Å². The van der Waals surface area contributed by atoms with E-state index in [4.69, 9.17) is 10.5 Å². The first-order valence-corrected chi connectivity index (χ1v) is 3.50. The Bertz CT molecular complexity index is 98.6. The summed E-state index contributed by atoms with van der Waals surface area (Å²) in [6.45, 7) is 1.76. The summed E-state index contributed by atoms with van der Waals surface area (Å²) in [5, 5.41) is 0. The van der Waals surface area contributed by atoms with Crippen LogP contribution >= 0.6 is 22.9 Å². The van der Waals surface area contributed by atoms with Gasteiger partial charge in [0.2, 0.25) is 5.91 Å². The molecule has 0 bridgehead atoms. The Morgan fingerprint density at radius 2 is 2.56 bits per heavy atom. The first kappa shape index (κ1) is 9.12. The zero-order valence-electron chi connectivity index (χ0n) is 5.06. The first-order chi connectivity index (χ1) is 4.16. The highest BCUT2D eigenvalue weighted by molar-refractivity contribution is 14.1. The Morgan fingerprint density at radius 3 is 2.89 bits per heavy atom. The molecular formula is C4H9IN2O2. The maximum Gasteiger partial charge on any atom is 0.243 e. The van der Waals surface area contributed by atoms with Gasteiger partial charge in [-0.3, -0.25) is 4.79 Å². The minimum Gasteiger partial charge on any atom is -0.368 e. The van der Waals surface area contributed by atoms with E-state index in [9.17, 15) is 4.79 Å². The molecule has 4 nitrogen and oxygen atoms in total. The van der Waals surface area contributed by atoms with E-state index in [0.29, 0.717) is 0 Å². The first-order valence-electron chi connectivity index (χ1n) is 2.43. The molecule has 0 aromatic heterocycles. The summed E-state index contributed by atoms with van der Waals surface area (Å²) in [4.78, 5) is 10.1. The highest BCUT2D eigenvalue weighted by atomic mass is 127. The van der Waals surface area contributed by atoms with E-state index >= 15 is 0 Å². The van der Waals surface area contributed by atoms with Crippen molar-refractivity contribution >= 4 is 28.8 Å². The second kappa shape index (κ2) is 4.95. The summed E-state index contributed by atoms with van der Waals surface area (Å²) < 4.78 is 7.62. The Kier molecular flexibility index (Phi) is 5.02. The second-order valence-electron chi connectivity index (χ2n) is 1.53. The Morgan fingerprint density at radius 1 is 2.00 bits per heavy atom. The van der Waals surface area contributed by atoms with Gasteiger partial charge in [-0.1, -0.05) is 0 Å². The molecule has 9 heavy (non-hydrogen) atoms. The predicted octanol–water partition coefficient (Wildman–Crippen LogP) is -0.226. The molecule has 0 aliphatic heterocycles. The topological polar surface area (TPSA) is 64.3 Å². The van der Waals surface area contributed by atoms with Crippen molar-refractivity contribution in [2.75, 3.05) is 6.61 Å². The molecule has 0 saturated carbocycles. The Balaban J connectivity index is 3.16. The maximum absolute atomic E-state index is 10.1. The third kappa shape index (κ3) is 6.00. The number of halogens is 1. The van der Waals surface area contributed by atoms with E-state index < -0.39 is 5.91 Å². The smallest absolute Gasteiger partial charge is 0.243 e. The zero-order chi connectivity index (χ0) is 7.28. The largest absolute Gasteiger partial charge is 0.368 e. The molecule has 1 unspecified atom stereocenters. The number of carbonyl (C=O) groups excluding carboxylic acids is 1. The summed E-state index contributed by atoms with van der Waals surface area (Å²) in [6, 6.07) is 0. The maximum atomic E-state index is 10.1. The molecule has 0 aliphatic carbocycles. The fraction of sp³-hybridized carbons (Fsp3) is 0.750. The number of nitrogens with one attached hydrogen (secondary N) is 1. The number of rotatable bonds is 4. The number of amides is 1. The summed E-state index contributed by atoms with van der Waals surface area (Å²) in [5.74, 6) is -0.450. The van der Waals surface area contributed by atoms with E-state index in [1.807, 2.05) is 22.9 Å². The second-order valence-corrected chi connectivity index (χ2v) is 2.15. The van der Waals surface area contributed by atoms with Crippen molar-refractivity contribution in [3.63, 3.8) is 0 Å². The number of hydrogen-bond donors (Lipinski definition) is 2. The summed E-state index contributed by atoms with van der Waals surface area (Å²) >= 11 is 1.93. The van der Waals surface area contributed by atoms with Gasteiger partial charge in [0.25, 0.3) is 0 Å². The average molecular weight is 244 g/mol. The molecule has 0 heterocycles. The predicted molar refractivity (Wildman–Crippen MR) is 41.8 cm³/mol. The Hall–Kier alpha value is 0.120.